The van der Waals surface area contributed by atoms with Gasteiger partial charge in [-0.15, -0.1) is 11.3 Å². The zero-order valence-corrected chi connectivity index (χ0v) is 18.5. The van der Waals surface area contributed by atoms with Crippen LogP contribution in [0.3, 0.4) is 0 Å². The molecule has 6 nitrogen and oxygen atoms in total. The Bertz CT molecular complexity index is 1200. The van der Waals surface area contributed by atoms with Crippen LogP contribution in [0.2, 0.25) is 0 Å². The molecule has 0 atom stereocenters. The molecule has 2 amide bonds. The molecule has 1 aliphatic heterocycles. The molecule has 1 N–H and O–H groups in total. The number of aryl methyl sites for hydroxylation is 2. The molecule has 0 saturated carbocycles. The van der Waals surface area contributed by atoms with Crippen molar-refractivity contribution in [2.24, 2.45) is 0 Å². The van der Waals surface area contributed by atoms with E-state index in [0.29, 0.717) is 22.8 Å². The third kappa shape index (κ3) is 3.68. The first-order valence-corrected chi connectivity index (χ1v) is 10.6. The number of nitrogens with zero attached hydrogens (tertiary/aromatic N) is 1. The van der Waals surface area contributed by atoms with Crippen LogP contribution >= 0.6 is 11.3 Å². The minimum atomic E-state index is -0.416. The SMILES string of the molecule is COc1ccc(N2C(=O)C(Nc3ccc(C)cc3C)=C(c3cccs3)C2=O)cc1OC. The third-order valence-electron chi connectivity index (χ3n) is 5.12. The molecule has 4 rings (SSSR count). The molecular weight excluding hydrogens is 412 g/mol. The van der Waals surface area contributed by atoms with Gasteiger partial charge in [0.05, 0.1) is 25.5 Å². The molecule has 158 valence electrons. The largest absolute Gasteiger partial charge is 0.493 e. The summed E-state index contributed by atoms with van der Waals surface area (Å²) < 4.78 is 10.6. The van der Waals surface area contributed by atoms with E-state index in [4.69, 9.17) is 9.47 Å². The van der Waals surface area contributed by atoms with E-state index in [9.17, 15) is 9.59 Å². The average Bonchev–Trinajstić information content (AvgIpc) is 3.36. The van der Waals surface area contributed by atoms with Crippen LogP contribution in [0.25, 0.3) is 5.57 Å². The van der Waals surface area contributed by atoms with Crippen molar-refractivity contribution >= 4 is 40.1 Å². The maximum atomic E-state index is 13.5. The predicted molar refractivity (Wildman–Crippen MR) is 123 cm³/mol. The van der Waals surface area contributed by atoms with E-state index < -0.39 is 5.91 Å². The smallest absolute Gasteiger partial charge is 0.282 e. The minimum absolute atomic E-state index is 0.259. The van der Waals surface area contributed by atoms with Crippen LogP contribution in [-0.4, -0.2) is 26.0 Å². The molecule has 0 spiro atoms. The van der Waals surface area contributed by atoms with Crippen LogP contribution in [0.1, 0.15) is 16.0 Å². The number of benzene rings is 2. The van der Waals surface area contributed by atoms with Gasteiger partial charge in [0.1, 0.15) is 5.70 Å². The zero-order valence-electron chi connectivity index (χ0n) is 17.7. The molecule has 0 saturated heterocycles. The Balaban J connectivity index is 1.80. The lowest BCUT2D eigenvalue weighted by Gasteiger charge is -2.17. The van der Waals surface area contributed by atoms with Crippen molar-refractivity contribution in [1.82, 2.24) is 0 Å². The molecule has 0 unspecified atom stereocenters. The van der Waals surface area contributed by atoms with Crippen molar-refractivity contribution in [3.8, 4) is 11.5 Å². The number of amides is 2. The molecule has 0 radical (unpaired) electrons. The Morgan fingerprint density at radius 3 is 2.32 bits per heavy atom. The van der Waals surface area contributed by atoms with Crippen LogP contribution in [0, 0.1) is 13.8 Å². The summed E-state index contributed by atoms with van der Waals surface area (Å²) in [6.07, 6.45) is 0. The molecule has 2 heterocycles. The summed E-state index contributed by atoms with van der Waals surface area (Å²) in [5.41, 5.74) is 3.92. The molecule has 31 heavy (non-hydrogen) atoms. The fraction of sp³-hybridized carbons (Fsp3) is 0.167. The predicted octanol–water partition coefficient (Wildman–Crippen LogP) is 4.78. The van der Waals surface area contributed by atoms with Gasteiger partial charge in [-0.05, 0) is 49.1 Å². The first-order valence-electron chi connectivity index (χ1n) is 9.68. The fourth-order valence-electron chi connectivity index (χ4n) is 3.58. The lowest BCUT2D eigenvalue weighted by Crippen LogP contribution is -2.32. The highest BCUT2D eigenvalue weighted by molar-refractivity contribution is 7.11. The van der Waals surface area contributed by atoms with Gasteiger partial charge in [0.2, 0.25) is 0 Å². The molecule has 1 aromatic heterocycles. The number of imide groups is 1. The van der Waals surface area contributed by atoms with Crippen molar-refractivity contribution in [1.29, 1.82) is 0 Å². The lowest BCUT2D eigenvalue weighted by molar-refractivity contribution is -0.120. The van der Waals surface area contributed by atoms with E-state index >= 15 is 0 Å². The van der Waals surface area contributed by atoms with Crippen molar-refractivity contribution in [3.05, 3.63) is 75.6 Å². The van der Waals surface area contributed by atoms with Gasteiger partial charge in [0, 0.05) is 16.6 Å². The van der Waals surface area contributed by atoms with Crippen molar-refractivity contribution in [2.45, 2.75) is 13.8 Å². The van der Waals surface area contributed by atoms with E-state index in [1.165, 1.54) is 30.5 Å². The molecule has 1 aliphatic rings. The molecular formula is C24H22N2O4S. The number of rotatable bonds is 6. The van der Waals surface area contributed by atoms with Crippen molar-refractivity contribution in [2.75, 3.05) is 24.4 Å². The second-order valence-electron chi connectivity index (χ2n) is 7.16. The van der Waals surface area contributed by atoms with E-state index in [2.05, 4.69) is 5.32 Å². The Hall–Kier alpha value is -3.58. The van der Waals surface area contributed by atoms with Gasteiger partial charge in [-0.25, -0.2) is 4.90 Å². The topological polar surface area (TPSA) is 67.9 Å². The molecule has 0 aliphatic carbocycles. The van der Waals surface area contributed by atoms with E-state index in [1.807, 2.05) is 49.6 Å². The number of carbonyl (C=O) groups excluding carboxylic acids is 2. The second-order valence-corrected chi connectivity index (χ2v) is 8.10. The van der Waals surface area contributed by atoms with Crippen LogP contribution < -0.4 is 19.7 Å². The van der Waals surface area contributed by atoms with Gasteiger partial charge < -0.3 is 14.8 Å². The maximum Gasteiger partial charge on any atom is 0.282 e. The second kappa shape index (κ2) is 8.28. The number of carbonyl (C=O) groups is 2. The summed E-state index contributed by atoms with van der Waals surface area (Å²) in [7, 11) is 3.05. The van der Waals surface area contributed by atoms with Gasteiger partial charge >= 0.3 is 0 Å². The number of hydrogen-bond donors (Lipinski definition) is 1. The number of ether oxygens (including phenoxy) is 2. The van der Waals surface area contributed by atoms with Gasteiger partial charge in [-0.2, -0.15) is 0 Å². The van der Waals surface area contributed by atoms with Crippen LogP contribution in [0.4, 0.5) is 11.4 Å². The zero-order chi connectivity index (χ0) is 22.1. The normalized spacial score (nSPS) is 13.7. The van der Waals surface area contributed by atoms with Crippen LogP contribution in [0.5, 0.6) is 11.5 Å². The highest BCUT2D eigenvalue weighted by Gasteiger charge is 2.41. The summed E-state index contributed by atoms with van der Waals surface area (Å²) in [6.45, 7) is 3.98. The standard InChI is InChI=1S/C24H22N2O4S/c1-14-7-9-17(15(2)12-14)25-22-21(20-6-5-11-31-20)23(27)26(24(22)28)16-8-10-18(29-3)19(13-16)30-4/h5-13,25H,1-4H3. The lowest BCUT2D eigenvalue weighted by atomic mass is 10.1. The molecule has 0 fully saturated rings. The first-order chi connectivity index (χ1) is 14.9. The van der Waals surface area contributed by atoms with E-state index in [-0.39, 0.29) is 11.6 Å². The van der Waals surface area contributed by atoms with Gasteiger partial charge in [0.15, 0.2) is 11.5 Å². The monoisotopic (exact) mass is 434 g/mol. The summed E-state index contributed by atoms with van der Waals surface area (Å²) in [6, 6.07) is 14.6. The summed E-state index contributed by atoms with van der Waals surface area (Å²) >= 11 is 1.42. The van der Waals surface area contributed by atoms with Crippen molar-refractivity contribution < 1.29 is 19.1 Å². The van der Waals surface area contributed by atoms with E-state index in [1.54, 1.807) is 18.2 Å². The Morgan fingerprint density at radius 1 is 0.903 bits per heavy atom. The minimum Gasteiger partial charge on any atom is -0.493 e. The first kappa shape index (κ1) is 20.7. The summed E-state index contributed by atoms with van der Waals surface area (Å²) in [4.78, 5) is 28.8. The number of thiophene rings is 1. The molecule has 7 heteroatoms. The Morgan fingerprint density at radius 2 is 1.68 bits per heavy atom. The third-order valence-corrected chi connectivity index (χ3v) is 6.01. The number of methoxy groups -OCH3 is 2. The van der Waals surface area contributed by atoms with Crippen LogP contribution in [-0.2, 0) is 9.59 Å². The maximum absolute atomic E-state index is 13.5. The summed E-state index contributed by atoms with van der Waals surface area (Å²) in [5.74, 6) is 0.159. The number of anilines is 2. The van der Waals surface area contributed by atoms with Gasteiger partial charge in [-0.3, -0.25) is 9.59 Å². The fourth-order valence-corrected chi connectivity index (χ4v) is 4.35. The molecule has 3 aromatic rings. The highest BCUT2D eigenvalue weighted by Crippen LogP contribution is 2.38. The van der Waals surface area contributed by atoms with Crippen LogP contribution in [0.15, 0.2) is 59.6 Å². The number of nitrogens with one attached hydrogen (secondary N) is 1. The average molecular weight is 435 g/mol. The Labute approximate surface area is 184 Å². The quantitative estimate of drug-likeness (QED) is 0.566. The molecule has 2 aromatic carbocycles. The van der Waals surface area contributed by atoms with Crippen molar-refractivity contribution in [3.63, 3.8) is 0 Å². The Kier molecular flexibility index (Phi) is 5.52. The molecule has 0 bridgehead atoms. The van der Waals surface area contributed by atoms with Gasteiger partial charge in [0.25, 0.3) is 11.8 Å². The van der Waals surface area contributed by atoms with Gasteiger partial charge in [-0.1, -0.05) is 23.8 Å². The highest BCUT2D eigenvalue weighted by atomic mass is 32.1. The summed E-state index contributed by atoms with van der Waals surface area (Å²) in [5, 5.41) is 5.11. The number of hydrogen-bond acceptors (Lipinski definition) is 6. The van der Waals surface area contributed by atoms with E-state index in [0.717, 1.165) is 21.7 Å².